The number of piperidine rings is 1. The normalized spacial score (nSPS) is 20.4. The molecule has 2 aliphatic carbocycles. The van der Waals surface area contributed by atoms with Gasteiger partial charge in [-0.2, -0.15) is 5.10 Å². The molecule has 10 rings (SSSR count). The summed E-state index contributed by atoms with van der Waals surface area (Å²) in [6.07, 6.45) is 10.3. The highest BCUT2D eigenvalue weighted by molar-refractivity contribution is 7.07. The number of carbonyl (C=O) groups excluding carboxylic acids is 3. The van der Waals surface area contributed by atoms with Crippen molar-refractivity contribution in [1.29, 1.82) is 0 Å². The summed E-state index contributed by atoms with van der Waals surface area (Å²) in [6.45, 7) is 1.44. The molecule has 3 fully saturated rings. The van der Waals surface area contributed by atoms with E-state index in [1.54, 1.807) is 35.8 Å². The predicted octanol–water partition coefficient (Wildman–Crippen LogP) is 6.00. The molecule has 3 aliphatic heterocycles. The topological polar surface area (TPSA) is 183 Å². The smallest absolute Gasteiger partial charge is 0.255 e. The van der Waals surface area contributed by atoms with Crippen molar-refractivity contribution in [3.05, 3.63) is 70.6 Å². The first kappa shape index (κ1) is 39.9. The summed E-state index contributed by atoms with van der Waals surface area (Å²) in [4.78, 5) is 61.4. The molecule has 0 bridgehead atoms. The Morgan fingerprint density at radius 1 is 0.952 bits per heavy atom. The molecular weight excluding hydrogens is 813 g/mol. The molecule has 17 heteroatoms. The second-order valence-electron chi connectivity index (χ2n) is 16.6. The van der Waals surface area contributed by atoms with Crippen LogP contribution in [0.1, 0.15) is 73.0 Å². The molecule has 322 valence electrons. The molecule has 2 saturated carbocycles. The Hall–Kier alpha value is -6.23. The van der Waals surface area contributed by atoms with E-state index in [1.807, 2.05) is 35.7 Å². The number of ether oxygens (including phenoxy) is 5. The summed E-state index contributed by atoms with van der Waals surface area (Å²) in [5.41, 5.74) is 6.51. The highest BCUT2D eigenvalue weighted by Gasteiger charge is 2.44. The van der Waals surface area contributed by atoms with E-state index in [0.29, 0.717) is 95.2 Å². The summed E-state index contributed by atoms with van der Waals surface area (Å²) in [6, 6.07) is 8.40. The third-order valence-corrected chi connectivity index (χ3v) is 13.4. The number of thiazole rings is 1. The van der Waals surface area contributed by atoms with Crippen LogP contribution < -0.4 is 29.0 Å². The largest absolute Gasteiger partial charge is 0.493 e. The van der Waals surface area contributed by atoms with Gasteiger partial charge in [-0.15, -0.1) is 11.3 Å². The number of hydrogen-bond donors (Lipinski definition) is 2. The van der Waals surface area contributed by atoms with Crippen molar-refractivity contribution in [3.8, 4) is 40.0 Å². The third-order valence-electron chi connectivity index (χ3n) is 12.8. The van der Waals surface area contributed by atoms with Crippen LogP contribution in [0.25, 0.3) is 22.3 Å². The molecule has 0 radical (unpaired) electrons. The number of carbonyl (C=O) groups is 3. The summed E-state index contributed by atoms with van der Waals surface area (Å²) in [5, 5.41) is 11.7. The average molecular weight is 861 g/mol. The van der Waals surface area contributed by atoms with E-state index in [4.69, 9.17) is 28.8 Å². The van der Waals surface area contributed by atoms with Gasteiger partial charge in [-0.3, -0.25) is 14.4 Å². The van der Waals surface area contributed by atoms with Crippen molar-refractivity contribution in [2.45, 2.75) is 69.9 Å². The van der Waals surface area contributed by atoms with Gasteiger partial charge in [0, 0.05) is 48.5 Å². The number of nitrogens with zero attached hydrogens (tertiary/aromatic N) is 6. The molecule has 16 nitrogen and oxygen atoms in total. The van der Waals surface area contributed by atoms with E-state index in [9.17, 15) is 14.4 Å². The van der Waals surface area contributed by atoms with Crippen LogP contribution in [0, 0.1) is 17.8 Å². The Kier molecular flexibility index (Phi) is 10.9. The summed E-state index contributed by atoms with van der Waals surface area (Å²) in [5.74, 6) is 2.72. The number of amides is 3. The van der Waals surface area contributed by atoms with E-state index in [0.717, 1.165) is 49.8 Å². The van der Waals surface area contributed by atoms with Crippen molar-refractivity contribution in [2.24, 2.45) is 22.9 Å². The van der Waals surface area contributed by atoms with Crippen LogP contribution in [0.3, 0.4) is 0 Å². The number of likely N-dealkylation sites (tertiary alicyclic amines) is 1. The van der Waals surface area contributed by atoms with Gasteiger partial charge < -0.3 is 38.9 Å². The standard InChI is InChI=1S/C45H48N8O8S/c1-57-33-10-9-26(17-36(33)58-2)38-29-5-3-4-6-30(29)44(55)53(51-38)28-13-15-52(16-14-28)45(56)32(18-27-21-62-23-49-27)50-43(54)31-19-46-41-39(31)47-22-48-40(41)37-34(59-20-25-7-8-25)11-12-35-42(37)61-24-60-35/h9-12,17,19,21-23,25,28-30,32,46H,3-8,13-16,18,20,24H2,1-2H3,(H,50,54)/t29-,30+,32-/m0/s1. The Morgan fingerprint density at radius 2 is 1.76 bits per heavy atom. The van der Waals surface area contributed by atoms with Crippen molar-refractivity contribution in [2.75, 3.05) is 40.7 Å². The highest BCUT2D eigenvalue weighted by atomic mass is 32.1. The van der Waals surface area contributed by atoms with Gasteiger partial charge in [0.15, 0.2) is 23.0 Å². The maximum atomic E-state index is 14.5. The van der Waals surface area contributed by atoms with Gasteiger partial charge in [-0.25, -0.2) is 20.0 Å². The molecule has 3 atom stereocenters. The number of nitrogens with one attached hydrogen (secondary N) is 2. The van der Waals surface area contributed by atoms with E-state index in [2.05, 4.69) is 25.3 Å². The van der Waals surface area contributed by atoms with Crippen molar-refractivity contribution < 1.29 is 38.1 Å². The Balaban J connectivity index is 0.880. The summed E-state index contributed by atoms with van der Waals surface area (Å²) < 4.78 is 29.0. The van der Waals surface area contributed by atoms with Gasteiger partial charge in [0.2, 0.25) is 18.6 Å². The SMILES string of the molecule is COc1ccc(C2=NN(C3CCN(C(=O)[C@H](Cc4cscn4)NC(=O)c4c[nH]c5c(-c6c(OCC7CC7)ccc7c6OCO7)ncnc45)CC3)C(=O)[C@@H]3CCCC[C@H]23)cc1OC. The predicted molar refractivity (Wildman–Crippen MR) is 229 cm³/mol. The van der Waals surface area contributed by atoms with Gasteiger partial charge in [0.05, 0.1) is 60.4 Å². The van der Waals surface area contributed by atoms with Crippen LogP contribution >= 0.6 is 11.3 Å². The maximum absolute atomic E-state index is 14.5. The third kappa shape index (κ3) is 7.56. The number of methoxy groups -OCH3 is 2. The number of aromatic nitrogens is 4. The molecule has 5 aliphatic rings. The Bertz CT molecular complexity index is 2530. The number of rotatable bonds is 13. The summed E-state index contributed by atoms with van der Waals surface area (Å²) in [7, 11) is 3.22. The van der Waals surface area contributed by atoms with Gasteiger partial charge in [-0.1, -0.05) is 12.8 Å². The van der Waals surface area contributed by atoms with E-state index in [1.165, 1.54) is 17.7 Å². The van der Waals surface area contributed by atoms with Crippen LogP contribution in [0.2, 0.25) is 0 Å². The maximum Gasteiger partial charge on any atom is 0.255 e. The molecule has 3 amide bonds. The zero-order valence-electron chi connectivity index (χ0n) is 34.6. The van der Waals surface area contributed by atoms with Gasteiger partial charge in [-0.05, 0) is 74.8 Å². The number of benzene rings is 2. The summed E-state index contributed by atoms with van der Waals surface area (Å²) >= 11 is 1.43. The molecule has 1 saturated heterocycles. The van der Waals surface area contributed by atoms with Crippen LogP contribution in [-0.2, 0) is 16.0 Å². The van der Waals surface area contributed by atoms with Crippen molar-refractivity contribution in [1.82, 2.24) is 35.2 Å². The minimum atomic E-state index is -0.910. The average Bonchev–Trinajstić information content (AvgIpc) is 3.61. The number of fused-ring (bicyclic) bond motifs is 3. The van der Waals surface area contributed by atoms with E-state index in [-0.39, 0.29) is 48.5 Å². The van der Waals surface area contributed by atoms with Crippen LogP contribution in [0.15, 0.2) is 58.8 Å². The fourth-order valence-corrected chi connectivity index (χ4v) is 9.89. The number of hydrogen-bond acceptors (Lipinski definition) is 13. The highest BCUT2D eigenvalue weighted by Crippen LogP contribution is 2.48. The molecule has 0 spiro atoms. The number of H-pyrrole nitrogens is 1. The molecule has 0 unspecified atom stereocenters. The minimum Gasteiger partial charge on any atom is -0.493 e. The first-order chi connectivity index (χ1) is 30.4. The first-order valence-corrected chi connectivity index (χ1v) is 22.3. The van der Waals surface area contributed by atoms with Crippen LogP contribution in [0.4, 0.5) is 0 Å². The van der Waals surface area contributed by atoms with Gasteiger partial charge >= 0.3 is 0 Å². The quantitative estimate of drug-likeness (QED) is 0.142. The molecular formula is C45H48N8O8S. The zero-order chi connectivity index (χ0) is 42.3. The number of hydrazone groups is 1. The fraction of sp³-hybridized carbons (Fsp3) is 0.444. The first-order valence-electron chi connectivity index (χ1n) is 21.4. The van der Waals surface area contributed by atoms with Crippen molar-refractivity contribution >= 4 is 45.8 Å². The Labute approximate surface area is 362 Å². The van der Waals surface area contributed by atoms with Gasteiger partial charge in [0.1, 0.15) is 29.3 Å². The second kappa shape index (κ2) is 16.9. The number of aromatic amines is 1. The van der Waals surface area contributed by atoms with Crippen LogP contribution in [-0.4, -0.2) is 106 Å². The molecule has 3 aromatic heterocycles. The molecule has 6 heterocycles. The molecule has 5 aromatic rings. The van der Waals surface area contributed by atoms with Crippen LogP contribution in [0.5, 0.6) is 28.7 Å². The zero-order valence-corrected chi connectivity index (χ0v) is 35.4. The molecule has 2 N–H and O–H groups in total. The lowest BCUT2D eigenvalue weighted by molar-refractivity contribution is -0.143. The lowest BCUT2D eigenvalue weighted by atomic mass is 9.73. The monoisotopic (exact) mass is 860 g/mol. The Morgan fingerprint density at radius 3 is 2.53 bits per heavy atom. The lowest BCUT2D eigenvalue weighted by Gasteiger charge is -2.43. The van der Waals surface area contributed by atoms with Crippen molar-refractivity contribution in [3.63, 3.8) is 0 Å². The molecule has 2 aromatic carbocycles. The van der Waals surface area contributed by atoms with Gasteiger partial charge in [0.25, 0.3) is 5.91 Å². The van der Waals surface area contributed by atoms with E-state index >= 15 is 0 Å². The second-order valence-corrected chi connectivity index (χ2v) is 17.3. The molecule has 62 heavy (non-hydrogen) atoms. The fourth-order valence-electron chi connectivity index (χ4n) is 9.32. The minimum absolute atomic E-state index is 0.0312. The lowest BCUT2D eigenvalue weighted by Crippen LogP contribution is -2.55. The van der Waals surface area contributed by atoms with E-state index < -0.39 is 11.9 Å².